The molecule has 8 nitrogen and oxygen atoms in total. The number of ether oxygens (including phenoxy) is 2. The van der Waals surface area contributed by atoms with Crippen LogP contribution in [0.3, 0.4) is 0 Å². The Balaban J connectivity index is 2.29. The van der Waals surface area contributed by atoms with Gasteiger partial charge in [0.25, 0.3) is 10.0 Å². The van der Waals surface area contributed by atoms with Gasteiger partial charge in [0.2, 0.25) is 5.95 Å². The van der Waals surface area contributed by atoms with Gasteiger partial charge in [0.15, 0.2) is 0 Å². The minimum Gasteiger partial charge on any atom is -0.495 e. The first-order valence-electron chi connectivity index (χ1n) is 5.88. The van der Waals surface area contributed by atoms with Crippen molar-refractivity contribution in [3.63, 3.8) is 0 Å². The van der Waals surface area contributed by atoms with E-state index in [1.807, 2.05) is 0 Å². The van der Waals surface area contributed by atoms with Crippen molar-refractivity contribution in [2.45, 2.75) is 11.8 Å². The highest BCUT2D eigenvalue weighted by Crippen LogP contribution is 2.28. The molecule has 114 valence electrons. The molecule has 0 unspecified atom stereocenters. The summed E-state index contributed by atoms with van der Waals surface area (Å²) < 4.78 is 36.9. The van der Waals surface area contributed by atoms with Crippen LogP contribution in [-0.4, -0.2) is 37.3 Å². The molecule has 2 rings (SSSR count). The molecule has 10 heteroatoms. The summed E-state index contributed by atoms with van der Waals surface area (Å²) in [6, 6.07) is 4.24. The second-order valence-corrected chi connectivity index (χ2v) is 5.89. The fourth-order valence-electron chi connectivity index (χ4n) is 1.53. The molecule has 0 radical (unpaired) electrons. The molecule has 1 aromatic heterocycles. The van der Waals surface area contributed by atoms with E-state index in [9.17, 15) is 8.42 Å². The van der Waals surface area contributed by atoms with E-state index < -0.39 is 10.0 Å². The van der Waals surface area contributed by atoms with Crippen molar-refractivity contribution < 1.29 is 17.9 Å². The lowest BCUT2D eigenvalue weighted by atomic mass is 10.3. The molecule has 0 atom stereocenters. The van der Waals surface area contributed by atoms with E-state index in [1.165, 1.54) is 25.3 Å². The number of aromatic nitrogens is 3. The van der Waals surface area contributed by atoms with Crippen LogP contribution in [0.4, 0.5) is 5.95 Å². The molecule has 0 amide bonds. The van der Waals surface area contributed by atoms with Crippen LogP contribution in [0.5, 0.6) is 11.8 Å². The average molecular weight is 333 g/mol. The Hall–Kier alpha value is -2.00. The molecule has 0 aliphatic heterocycles. The van der Waals surface area contributed by atoms with Crippen LogP contribution in [0.15, 0.2) is 23.1 Å². The second kappa shape index (κ2) is 6.19. The monoisotopic (exact) mass is 332 g/mol. The van der Waals surface area contributed by atoms with Gasteiger partial charge >= 0.3 is 6.01 Å². The number of hydrogen-bond donors (Lipinski definition) is 2. The summed E-state index contributed by atoms with van der Waals surface area (Å²) in [6.45, 7) is 2.13. The lowest BCUT2D eigenvalue weighted by Crippen LogP contribution is -2.15. The van der Waals surface area contributed by atoms with Crippen molar-refractivity contribution in [2.75, 3.05) is 18.4 Å². The van der Waals surface area contributed by atoms with Crippen LogP contribution in [0.1, 0.15) is 6.92 Å². The van der Waals surface area contributed by atoms with E-state index in [1.54, 1.807) is 6.92 Å². The van der Waals surface area contributed by atoms with Gasteiger partial charge in [-0.2, -0.15) is 4.98 Å². The number of halogens is 1. The molecular formula is C11H13ClN4O4S. The molecule has 21 heavy (non-hydrogen) atoms. The molecule has 0 aliphatic carbocycles. The summed E-state index contributed by atoms with van der Waals surface area (Å²) in [6.07, 6.45) is 0. The van der Waals surface area contributed by atoms with Crippen LogP contribution in [-0.2, 0) is 10.0 Å². The standard InChI is InChI=1S/C11H13ClN4O4S/c1-3-20-11-13-10(14-15-11)16-21(17,18)9-5-4-7(12)6-8(9)19-2/h4-6H,3H2,1-2H3,(H2,13,14,15,16). The smallest absolute Gasteiger partial charge is 0.337 e. The topological polar surface area (TPSA) is 106 Å². The maximum absolute atomic E-state index is 12.3. The molecule has 1 heterocycles. The quantitative estimate of drug-likeness (QED) is 0.833. The number of aromatic amines is 1. The van der Waals surface area contributed by atoms with Gasteiger partial charge in [0, 0.05) is 11.1 Å². The Labute approximate surface area is 126 Å². The molecule has 0 bridgehead atoms. The van der Waals surface area contributed by atoms with Gasteiger partial charge in [0.1, 0.15) is 10.6 Å². The number of nitrogens with one attached hydrogen (secondary N) is 2. The Morgan fingerprint density at radius 3 is 2.86 bits per heavy atom. The Bertz CT molecular complexity index is 732. The minimum atomic E-state index is -3.90. The van der Waals surface area contributed by atoms with E-state index in [2.05, 4.69) is 19.9 Å². The van der Waals surface area contributed by atoms with E-state index in [-0.39, 0.29) is 22.6 Å². The van der Waals surface area contributed by atoms with Crippen LogP contribution in [0, 0.1) is 0 Å². The zero-order valence-electron chi connectivity index (χ0n) is 11.3. The number of rotatable bonds is 6. The van der Waals surface area contributed by atoms with Crippen LogP contribution in [0.25, 0.3) is 0 Å². The van der Waals surface area contributed by atoms with Crippen molar-refractivity contribution in [2.24, 2.45) is 0 Å². The van der Waals surface area contributed by atoms with Gasteiger partial charge in [-0.1, -0.05) is 11.6 Å². The first-order valence-corrected chi connectivity index (χ1v) is 7.74. The van der Waals surface area contributed by atoms with Gasteiger partial charge in [-0.3, -0.25) is 0 Å². The summed E-state index contributed by atoms with van der Waals surface area (Å²) >= 11 is 5.80. The number of benzene rings is 1. The highest BCUT2D eigenvalue weighted by Gasteiger charge is 2.21. The summed E-state index contributed by atoms with van der Waals surface area (Å²) in [7, 11) is -2.54. The molecule has 0 spiro atoms. The molecule has 0 fully saturated rings. The Morgan fingerprint density at radius 1 is 1.43 bits per heavy atom. The SMILES string of the molecule is CCOc1n[nH]c(NS(=O)(=O)c2ccc(Cl)cc2OC)n1. The third-order valence-corrected chi connectivity index (χ3v) is 4.00. The minimum absolute atomic E-state index is 0.0540. The van der Waals surface area contributed by atoms with Gasteiger partial charge < -0.3 is 9.47 Å². The van der Waals surface area contributed by atoms with Gasteiger partial charge in [-0.05, 0) is 19.1 Å². The molecular weight excluding hydrogens is 320 g/mol. The average Bonchev–Trinajstić information content (AvgIpc) is 2.85. The normalized spacial score (nSPS) is 11.2. The molecule has 2 N–H and O–H groups in total. The maximum Gasteiger partial charge on any atom is 0.337 e. The number of nitrogens with zero attached hydrogens (tertiary/aromatic N) is 2. The van der Waals surface area contributed by atoms with Crippen LogP contribution in [0.2, 0.25) is 5.02 Å². The summed E-state index contributed by atoms with van der Waals surface area (Å²) in [5, 5.41) is 6.49. The summed E-state index contributed by atoms with van der Waals surface area (Å²) in [4.78, 5) is 3.77. The van der Waals surface area contributed by atoms with Crippen LogP contribution >= 0.6 is 11.6 Å². The maximum atomic E-state index is 12.3. The third kappa shape index (κ3) is 3.56. The highest BCUT2D eigenvalue weighted by atomic mass is 35.5. The second-order valence-electron chi connectivity index (χ2n) is 3.80. The predicted molar refractivity (Wildman–Crippen MR) is 76.4 cm³/mol. The summed E-state index contributed by atoms with van der Waals surface area (Å²) in [5.74, 6) is 0.0648. The van der Waals surface area contributed by atoms with Gasteiger partial charge in [0.05, 0.1) is 13.7 Å². The molecule has 2 aromatic rings. The van der Waals surface area contributed by atoms with Crippen LogP contribution < -0.4 is 14.2 Å². The lowest BCUT2D eigenvalue weighted by Gasteiger charge is -2.09. The highest BCUT2D eigenvalue weighted by molar-refractivity contribution is 7.92. The van der Waals surface area contributed by atoms with Crippen molar-refractivity contribution in [3.8, 4) is 11.8 Å². The number of sulfonamides is 1. The molecule has 0 aliphatic rings. The zero-order chi connectivity index (χ0) is 15.5. The summed E-state index contributed by atoms with van der Waals surface area (Å²) in [5.41, 5.74) is 0. The van der Waals surface area contributed by atoms with Gasteiger partial charge in [-0.15, -0.1) is 5.10 Å². The van der Waals surface area contributed by atoms with Crippen molar-refractivity contribution in [3.05, 3.63) is 23.2 Å². The predicted octanol–water partition coefficient (Wildman–Crippen LogP) is 1.67. The first-order chi connectivity index (χ1) is 9.96. The van der Waals surface area contributed by atoms with E-state index in [0.29, 0.717) is 11.6 Å². The largest absolute Gasteiger partial charge is 0.495 e. The lowest BCUT2D eigenvalue weighted by molar-refractivity contribution is 0.314. The van der Waals surface area contributed by atoms with Crippen molar-refractivity contribution in [1.82, 2.24) is 15.2 Å². The fraction of sp³-hybridized carbons (Fsp3) is 0.273. The zero-order valence-corrected chi connectivity index (χ0v) is 12.8. The molecule has 0 saturated heterocycles. The number of methoxy groups -OCH3 is 1. The number of hydrogen-bond acceptors (Lipinski definition) is 6. The van der Waals surface area contributed by atoms with E-state index in [4.69, 9.17) is 21.1 Å². The number of H-pyrrole nitrogens is 1. The Kier molecular flexibility index (Phi) is 4.53. The number of anilines is 1. The fourth-order valence-corrected chi connectivity index (χ4v) is 2.80. The molecule has 1 aromatic carbocycles. The van der Waals surface area contributed by atoms with Crippen molar-refractivity contribution in [1.29, 1.82) is 0 Å². The van der Waals surface area contributed by atoms with E-state index in [0.717, 1.165) is 0 Å². The van der Waals surface area contributed by atoms with Gasteiger partial charge in [-0.25, -0.2) is 18.2 Å². The molecule has 0 saturated carbocycles. The van der Waals surface area contributed by atoms with E-state index >= 15 is 0 Å². The van der Waals surface area contributed by atoms with Crippen molar-refractivity contribution >= 4 is 27.6 Å². The Morgan fingerprint density at radius 2 is 2.19 bits per heavy atom. The third-order valence-electron chi connectivity index (χ3n) is 2.38. The first kappa shape index (κ1) is 15.4.